The van der Waals surface area contributed by atoms with E-state index in [0.29, 0.717) is 6.29 Å². The lowest BCUT2D eigenvalue weighted by Crippen LogP contribution is -2.28. The minimum atomic E-state index is -0.660. The molecule has 4 nitrogen and oxygen atoms in total. The van der Waals surface area contributed by atoms with E-state index < -0.39 is 11.1 Å². The van der Waals surface area contributed by atoms with Crippen molar-refractivity contribution in [3.63, 3.8) is 0 Å². The van der Waals surface area contributed by atoms with Gasteiger partial charge in [0.2, 0.25) is 5.24 Å². The molecule has 0 aliphatic heterocycles. The van der Waals surface area contributed by atoms with Gasteiger partial charge in [0.1, 0.15) is 0 Å². The molecule has 1 aromatic rings. The molecule has 1 amide bonds. The second-order valence-corrected chi connectivity index (χ2v) is 3.16. The second-order valence-electron chi connectivity index (χ2n) is 2.74. The molecule has 0 aromatic heterocycles. The van der Waals surface area contributed by atoms with Crippen molar-refractivity contribution >= 4 is 29.0 Å². The molecule has 0 aliphatic carbocycles. The highest BCUT2D eigenvalue weighted by Crippen LogP contribution is 2.05. The number of rotatable bonds is 4. The fourth-order valence-electron chi connectivity index (χ4n) is 1.05. The Kier molecular flexibility index (Phi) is 4.00. The van der Waals surface area contributed by atoms with Gasteiger partial charge < -0.3 is 5.32 Å². The summed E-state index contributed by atoms with van der Waals surface area (Å²) >= 11 is 5.06. The van der Waals surface area contributed by atoms with Crippen LogP contribution in [0.3, 0.4) is 0 Å². The SMILES string of the molecule is O=Cc1ccccc1C(=O)NCC(=O)Cl. The van der Waals surface area contributed by atoms with Crippen LogP contribution in [0, 0.1) is 0 Å². The normalized spacial score (nSPS) is 9.40. The van der Waals surface area contributed by atoms with Crippen LogP contribution in [0.1, 0.15) is 20.7 Å². The fraction of sp³-hybridized carbons (Fsp3) is 0.100. The van der Waals surface area contributed by atoms with Crippen molar-refractivity contribution in [2.45, 2.75) is 0 Å². The number of hydrogen-bond acceptors (Lipinski definition) is 3. The molecule has 78 valence electrons. The molecular formula is C10H8ClNO3. The van der Waals surface area contributed by atoms with Gasteiger partial charge in [0.25, 0.3) is 5.91 Å². The van der Waals surface area contributed by atoms with Crippen molar-refractivity contribution in [1.29, 1.82) is 0 Å². The summed E-state index contributed by atoms with van der Waals surface area (Å²) in [6, 6.07) is 6.29. The number of carbonyl (C=O) groups is 3. The molecule has 15 heavy (non-hydrogen) atoms. The Labute approximate surface area is 91.2 Å². The van der Waals surface area contributed by atoms with Gasteiger partial charge in [0.15, 0.2) is 6.29 Å². The van der Waals surface area contributed by atoms with Crippen molar-refractivity contribution in [3.05, 3.63) is 35.4 Å². The topological polar surface area (TPSA) is 63.2 Å². The van der Waals surface area contributed by atoms with E-state index in [-0.39, 0.29) is 17.7 Å². The van der Waals surface area contributed by atoms with E-state index >= 15 is 0 Å². The monoisotopic (exact) mass is 225 g/mol. The Balaban J connectivity index is 2.81. The number of nitrogens with one attached hydrogen (secondary N) is 1. The van der Waals surface area contributed by atoms with Gasteiger partial charge in [0, 0.05) is 11.1 Å². The fourth-order valence-corrected chi connectivity index (χ4v) is 1.12. The van der Waals surface area contributed by atoms with Crippen molar-refractivity contribution in [2.75, 3.05) is 6.54 Å². The molecule has 1 rings (SSSR count). The summed E-state index contributed by atoms with van der Waals surface area (Å²) in [5.74, 6) is -0.494. The van der Waals surface area contributed by atoms with E-state index in [1.54, 1.807) is 12.1 Å². The molecule has 1 aromatic carbocycles. The molecular weight excluding hydrogens is 218 g/mol. The summed E-state index contributed by atoms with van der Waals surface area (Å²) in [6.45, 7) is -0.256. The Morgan fingerprint density at radius 2 is 2.00 bits per heavy atom. The van der Waals surface area contributed by atoms with Gasteiger partial charge in [-0.2, -0.15) is 0 Å². The molecule has 0 bridgehead atoms. The smallest absolute Gasteiger partial charge is 0.252 e. The summed E-state index contributed by atoms with van der Waals surface area (Å²) in [6.07, 6.45) is 0.581. The maximum atomic E-state index is 11.4. The average molecular weight is 226 g/mol. The van der Waals surface area contributed by atoms with Crippen molar-refractivity contribution in [3.8, 4) is 0 Å². The van der Waals surface area contributed by atoms with Gasteiger partial charge in [-0.05, 0) is 17.7 Å². The first kappa shape index (κ1) is 11.4. The largest absolute Gasteiger partial charge is 0.344 e. The van der Waals surface area contributed by atoms with Crippen LogP contribution < -0.4 is 5.32 Å². The molecule has 0 spiro atoms. The summed E-state index contributed by atoms with van der Waals surface area (Å²) in [5, 5.41) is 1.63. The van der Waals surface area contributed by atoms with Crippen molar-refractivity contribution in [1.82, 2.24) is 5.32 Å². The van der Waals surface area contributed by atoms with E-state index in [9.17, 15) is 14.4 Å². The van der Waals surface area contributed by atoms with Gasteiger partial charge in [0.05, 0.1) is 6.54 Å². The van der Waals surface area contributed by atoms with Crippen LogP contribution in [0.2, 0.25) is 0 Å². The average Bonchev–Trinajstić information content (AvgIpc) is 2.25. The first-order valence-corrected chi connectivity index (χ1v) is 4.53. The van der Waals surface area contributed by atoms with Crippen LogP contribution in [-0.2, 0) is 4.79 Å². The van der Waals surface area contributed by atoms with Crippen LogP contribution in [0.5, 0.6) is 0 Å². The lowest BCUT2D eigenvalue weighted by Gasteiger charge is -2.03. The highest BCUT2D eigenvalue weighted by atomic mass is 35.5. The molecule has 5 heteroatoms. The first-order valence-electron chi connectivity index (χ1n) is 4.16. The van der Waals surface area contributed by atoms with Crippen molar-refractivity contribution in [2.24, 2.45) is 0 Å². The summed E-state index contributed by atoms with van der Waals surface area (Å²) in [4.78, 5) is 32.5. The quantitative estimate of drug-likeness (QED) is 0.614. The third kappa shape index (κ3) is 3.18. The number of hydrogen-bond donors (Lipinski definition) is 1. The lowest BCUT2D eigenvalue weighted by molar-refractivity contribution is -0.110. The van der Waals surface area contributed by atoms with E-state index in [1.807, 2.05) is 0 Å². The van der Waals surface area contributed by atoms with Gasteiger partial charge in [-0.25, -0.2) is 0 Å². The number of aldehydes is 1. The predicted molar refractivity (Wildman–Crippen MR) is 55.0 cm³/mol. The van der Waals surface area contributed by atoms with Crippen molar-refractivity contribution < 1.29 is 14.4 Å². The predicted octanol–water partition coefficient (Wildman–Crippen LogP) is 0.994. The molecule has 0 atom stereocenters. The number of benzene rings is 1. The molecule has 0 saturated carbocycles. The Bertz CT molecular complexity index is 403. The molecule has 0 heterocycles. The maximum absolute atomic E-state index is 11.4. The van der Waals surface area contributed by atoms with Gasteiger partial charge in [-0.1, -0.05) is 18.2 Å². The standard InChI is InChI=1S/C10H8ClNO3/c11-9(14)5-12-10(15)8-4-2-1-3-7(8)6-13/h1-4,6H,5H2,(H,12,15). The van der Waals surface area contributed by atoms with E-state index in [1.165, 1.54) is 12.1 Å². The Morgan fingerprint density at radius 3 is 2.60 bits per heavy atom. The molecule has 0 unspecified atom stereocenters. The van der Waals surface area contributed by atoms with Crippen LogP contribution in [0.15, 0.2) is 24.3 Å². The number of carbonyl (C=O) groups excluding carboxylic acids is 3. The lowest BCUT2D eigenvalue weighted by atomic mass is 10.1. The Morgan fingerprint density at radius 1 is 1.33 bits per heavy atom. The summed E-state index contributed by atoms with van der Waals surface area (Å²) in [7, 11) is 0. The molecule has 0 fully saturated rings. The highest BCUT2D eigenvalue weighted by molar-refractivity contribution is 6.64. The highest BCUT2D eigenvalue weighted by Gasteiger charge is 2.10. The van der Waals surface area contributed by atoms with Gasteiger partial charge in [-0.15, -0.1) is 0 Å². The molecule has 1 N–H and O–H groups in total. The van der Waals surface area contributed by atoms with Crippen LogP contribution in [0.4, 0.5) is 0 Å². The zero-order chi connectivity index (χ0) is 11.3. The minimum absolute atomic E-state index is 0.227. The second kappa shape index (κ2) is 5.26. The molecule has 0 aliphatic rings. The van der Waals surface area contributed by atoms with E-state index in [2.05, 4.69) is 5.32 Å². The molecule has 0 saturated heterocycles. The number of amides is 1. The minimum Gasteiger partial charge on any atom is -0.344 e. The van der Waals surface area contributed by atoms with Crippen LogP contribution >= 0.6 is 11.6 Å². The number of halogens is 1. The van der Waals surface area contributed by atoms with E-state index in [4.69, 9.17) is 11.6 Å². The third-order valence-corrected chi connectivity index (χ3v) is 1.85. The molecule has 0 radical (unpaired) electrons. The summed E-state index contributed by atoms with van der Waals surface area (Å²) < 4.78 is 0. The van der Waals surface area contributed by atoms with Crippen LogP contribution in [-0.4, -0.2) is 24.0 Å². The summed E-state index contributed by atoms with van der Waals surface area (Å²) in [5.41, 5.74) is 0.502. The Hall–Kier alpha value is -1.68. The zero-order valence-electron chi connectivity index (χ0n) is 7.70. The first-order chi connectivity index (χ1) is 7.15. The van der Waals surface area contributed by atoms with Gasteiger partial charge >= 0.3 is 0 Å². The third-order valence-electron chi connectivity index (χ3n) is 1.72. The zero-order valence-corrected chi connectivity index (χ0v) is 8.45. The van der Waals surface area contributed by atoms with E-state index in [0.717, 1.165) is 0 Å². The van der Waals surface area contributed by atoms with Crippen LogP contribution in [0.25, 0.3) is 0 Å². The van der Waals surface area contributed by atoms with Gasteiger partial charge in [-0.3, -0.25) is 14.4 Å². The maximum Gasteiger partial charge on any atom is 0.252 e.